The summed E-state index contributed by atoms with van der Waals surface area (Å²) in [6.07, 6.45) is 1.01. The van der Waals surface area contributed by atoms with Crippen molar-refractivity contribution in [2.45, 2.75) is 31.2 Å². The van der Waals surface area contributed by atoms with Gasteiger partial charge < -0.3 is 10.2 Å². The van der Waals surface area contributed by atoms with E-state index in [0.29, 0.717) is 11.7 Å². The van der Waals surface area contributed by atoms with Gasteiger partial charge >= 0.3 is 0 Å². The minimum atomic E-state index is 0.117. The van der Waals surface area contributed by atoms with Crippen LogP contribution < -0.4 is 5.32 Å². The third-order valence-corrected chi connectivity index (χ3v) is 3.83. The standard InChI is InChI=1S/C16H26N2OS/c1-13(2)10-14(11-18(3)4)17-16(19)12-20-15-8-6-5-7-9-15/h5-9,13-14H,10-12H2,1-4H3,(H,17,19). The van der Waals surface area contributed by atoms with E-state index in [9.17, 15) is 4.79 Å². The van der Waals surface area contributed by atoms with E-state index in [2.05, 4.69) is 24.1 Å². The fourth-order valence-corrected chi connectivity index (χ4v) is 2.85. The number of thioether (sulfide) groups is 1. The topological polar surface area (TPSA) is 32.3 Å². The summed E-state index contributed by atoms with van der Waals surface area (Å²) >= 11 is 1.58. The minimum absolute atomic E-state index is 0.117. The van der Waals surface area contributed by atoms with Crippen LogP contribution in [0.15, 0.2) is 35.2 Å². The molecule has 0 aliphatic rings. The Morgan fingerprint density at radius 3 is 2.45 bits per heavy atom. The van der Waals surface area contributed by atoms with E-state index < -0.39 is 0 Å². The molecule has 1 unspecified atom stereocenters. The Morgan fingerprint density at radius 1 is 1.25 bits per heavy atom. The van der Waals surface area contributed by atoms with E-state index in [1.54, 1.807) is 11.8 Å². The number of nitrogens with one attached hydrogen (secondary N) is 1. The summed E-state index contributed by atoms with van der Waals surface area (Å²) in [6, 6.07) is 10.3. The maximum Gasteiger partial charge on any atom is 0.230 e. The first-order valence-electron chi connectivity index (χ1n) is 7.09. The van der Waals surface area contributed by atoms with Crippen molar-refractivity contribution < 1.29 is 4.79 Å². The van der Waals surface area contributed by atoms with Crippen molar-refractivity contribution in [2.75, 3.05) is 26.4 Å². The van der Waals surface area contributed by atoms with Crippen molar-refractivity contribution in [3.63, 3.8) is 0 Å². The molecule has 1 aromatic carbocycles. The lowest BCUT2D eigenvalue weighted by Crippen LogP contribution is -2.43. The molecule has 0 aliphatic carbocycles. The zero-order valence-corrected chi connectivity index (χ0v) is 13.7. The van der Waals surface area contributed by atoms with Gasteiger partial charge in [-0.25, -0.2) is 0 Å². The van der Waals surface area contributed by atoms with Crippen molar-refractivity contribution in [3.05, 3.63) is 30.3 Å². The number of benzene rings is 1. The van der Waals surface area contributed by atoms with Gasteiger partial charge in [-0.05, 0) is 38.6 Å². The van der Waals surface area contributed by atoms with Crippen molar-refractivity contribution >= 4 is 17.7 Å². The summed E-state index contributed by atoms with van der Waals surface area (Å²) in [4.78, 5) is 15.3. The van der Waals surface area contributed by atoms with Crippen LogP contribution in [0.25, 0.3) is 0 Å². The van der Waals surface area contributed by atoms with Crippen LogP contribution in [-0.4, -0.2) is 43.2 Å². The average Bonchev–Trinajstić information content (AvgIpc) is 2.36. The Kier molecular flexibility index (Phi) is 7.70. The first kappa shape index (κ1) is 17.1. The fraction of sp³-hybridized carbons (Fsp3) is 0.562. The summed E-state index contributed by atoms with van der Waals surface area (Å²) in [5.41, 5.74) is 0. The highest BCUT2D eigenvalue weighted by Gasteiger charge is 2.15. The van der Waals surface area contributed by atoms with E-state index in [1.165, 1.54) is 0 Å². The Labute approximate surface area is 127 Å². The van der Waals surface area contributed by atoms with Gasteiger partial charge in [0.2, 0.25) is 5.91 Å². The monoisotopic (exact) mass is 294 g/mol. The van der Waals surface area contributed by atoms with Gasteiger partial charge in [0.1, 0.15) is 0 Å². The van der Waals surface area contributed by atoms with Crippen LogP contribution in [0, 0.1) is 5.92 Å². The number of hydrogen-bond acceptors (Lipinski definition) is 3. The summed E-state index contributed by atoms with van der Waals surface area (Å²) in [5, 5.41) is 3.15. The summed E-state index contributed by atoms with van der Waals surface area (Å²) in [5.74, 6) is 1.18. The van der Waals surface area contributed by atoms with Crippen molar-refractivity contribution in [1.29, 1.82) is 0 Å². The lowest BCUT2D eigenvalue weighted by atomic mass is 10.0. The predicted octanol–water partition coefficient (Wildman–Crippen LogP) is 2.87. The second-order valence-electron chi connectivity index (χ2n) is 5.76. The largest absolute Gasteiger partial charge is 0.351 e. The van der Waals surface area contributed by atoms with E-state index in [0.717, 1.165) is 17.9 Å². The smallest absolute Gasteiger partial charge is 0.230 e. The number of nitrogens with zero attached hydrogens (tertiary/aromatic N) is 1. The van der Waals surface area contributed by atoms with Crippen molar-refractivity contribution in [1.82, 2.24) is 10.2 Å². The molecule has 0 fully saturated rings. The van der Waals surface area contributed by atoms with Crippen LogP contribution in [0.3, 0.4) is 0 Å². The lowest BCUT2D eigenvalue weighted by molar-refractivity contribution is -0.119. The maximum atomic E-state index is 12.0. The Balaban J connectivity index is 2.40. The summed E-state index contributed by atoms with van der Waals surface area (Å²) < 4.78 is 0. The van der Waals surface area contributed by atoms with Gasteiger partial charge in [-0.3, -0.25) is 4.79 Å². The molecule has 0 saturated heterocycles. The molecule has 1 rings (SSSR count). The molecule has 20 heavy (non-hydrogen) atoms. The highest BCUT2D eigenvalue weighted by atomic mass is 32.2. The Hall–Kier alpha value is -1.00. The number of likely N-dealkylation sites (N-methyl/N-ethyl adjacent to an activating group) is 1. The highest BCUT2D eigenvalue weighted by Crippen LogP contribution is 2.16. The normalized spacial score (nSPS) is 12.7. The third kappa shape index (κ3) is 7.56. The van der Waals surface area contributed by atoms with Crippen LogP contribution in [0.5, 0.6) is 0 Å². The minimum Gasteiger partial charge on any atom is -0.351 e. The first-order chi connectivity index (χ1) is 9.47. The molecule has 0 aromatic heterocycles. The SMILES string of the molecule is CC(C)CC(CN(C)C)NC(=O)CSc1ccccc1. The second-order valence-corrected chi connectivity index (χ2v) is 6.81. The van der Waals surface area contributed by atoms with Crippen LogP contribution in [0.1, 0.15) is 20.3 Å². The third-order valence-electron chi connectivity index (χ3n) is 2.82. The van der Waals surface area contributed by atoms with Crippen LogP contribution in [0.2, 0.25) is 0 Å². The number of rotatable bonds is 8. The van der Waals surface area contributed by atoms with Gasteiger partial charge in [0.05, 0.1) is 5.75 Å². The van der Waals surface area contributed by atoms with Gasteiger partial charge in [-0.2, -0.15) is 0 Å². The number of hydrogen-bond donors (Lipinski definition) is 1. The van der Waals surface area contributed by atoms with Gasteiger partial charge in [0.15, 0.2) is 0 Å². The molecule has 1 atom stereocenters. The molecular weight excluding hydrogens is 268 g/mol. The zero-order valence-electron chi connectivity index (χ0n) is 12.9. The molecule has 4 heteroatoms. The quantitative estimate of drug-likeness (QED) is 0.748. The molecule has 1 N–H and O–H groups in total. The van der Waals surface area contributed by atoms with Gasteiger partial charge in [0.25, 0.3) is 0 Å². The van der Waals surface area contributed by atoms with Crippen molar-refractivity contribution in [2.24, 2.45) is 5.92 Å². The van der Waals surface area contributed by atoms with Gasteiger partial charge in [0, 0.05) is 17.5 Å². The molecule has 112 valence electrons. The molecule has 1 amide bonds. The molecule has 0 aliphatic heterocycles. The van der Waals surface area contributed by atoms with E-state index >= 15 is 0 Å². The fourth-order valence-electron chi connectivity index (χ4n) is 2.12. The second kappa shape index (κ2) is 9.03. The van der Waals surface area contributed by atoms with Crippen LogP contribution in [-0.2, 0) is 4.79 Å². The maximum absolute atomic E-state index is 12.0. The molecule has 3 nitrogen and oxygen atoms in total. The van der Waals surface area contributed by atoms with Crippen molar-refractivity contribution in [3.8, 4) is 0 Å². The molecular formula is C16H26N2OS. The number of amides is 1. The molecule has 1 aromatic rings. The average molecular weight is 294 g/mol. The van der Waals surface area contributed by atoms with Crippen LogP contribution in [0.4, 0.5) is 0 Å². The summed E-state index contributed by atoms with van der Waals surface area (Å²) in [7, 11) is 4.08. The Morgan fingerprint density at radius 2 is 1.90 bits per heavy atom. The molecule has 0 spiro atoms. The van der Waals surface area contributed by atoms with E-state index in [-0.39, 0.29) is 11.9 Å². The van der Waals surface area contributed by atoms with Crippen LogP contribution >= 0.6 is 11.8 Å². The molecule has 0 radical (unpaired) electrons. The number of carbonyl (C=O) groups is 1. The molecule has 0 saturated carbocycles. The molecule has 0 bridgehead atoms. The van der Waals surface area contributed by atoms with Gasteiger partial charge in [-0.1, -0.05) is 32.0 Å². The van der Waals surface area contributed by atoms with E-state index in [4.69, 9.17) is 0 Å². The molecule has 0 heterocycles. The summed E-state index contributed by atoms with van der Waals surface area (Å²) in [6.45, 7) is 5.26. The highest BCUT2D eigenvalue weighted by molar-refractivity contribution is 8.00. The lowest BCUT2D eigenvalue weighted by Gasteiger charge is -2.24. The zero-order chi connectivity index (χ0) is 15.0. The van der Waals surface area contributed by atoms with Gasteiger partial charge in [-0.15, -0.1) is 11.8 Å². The Bertz CT molecular complexity index is 383. The predicted molar refractivity (Wildman–Crippen MR) is 87.1 cm³/mol. The number of carbonyl (C=O) groups excluding carboxylic acids is 1. The van der Waals surface area contributed by atoms with E-state index in [1.807, 2.05) is 44.4 Å². The first-order valence-corrected chi connectivity index (χ1v) is 8.08.